The predicted octanol–water partition coefficient (Wildman–Crippen LogP) is 7.28. The zero-order valence-electron chi connectivity index (χ0n) is 18.4. The third-order valence-corrected chi connectivity index (χ3v) is 10.8. The third-order valence-electron chi connectivity index (χ3n) is 9.76. The van der Waals surface area contributed by atoms with E-state index in [2.05, 4.69) is 40.4 Å². The number of rotatable bonds is 3. The molecule has 0 aromatic carbocycles. The van der Waals surface area contributed by atoms with Gasteiger partial charge in [0.05, 0.1) is 0 Å². The van der Waals surface area contributed by atoms with Gasteiger partial charge in [-0.15, -0.1) is 0 Å². The zero-order valence-corrected chi connectivity index (χ0v) is 19.4. The highest BCUT2D eigenvalue weighted by Crippen LogP contribution is 2.67. The van der Waals surface area contributed by atoms with Crippen LogP contribution in [0.5, 0.6) is 0 Å². The van der Waals surface area contributed by atoms with Gasteiger partial charge in [0.25, 0.3) is 0 Å². The first-order valence-corrected chi connectivity index (χ1v) is 15.2. The van der Waals surface area contributed by atoms with E-state index in [4.69, 9.17) is 4.43 Å². The molecule has 4 aliphatic carbocycles. The highest BCUT2D eigenvalue weighted by Gasteiger charge is 2.60. The molecule has 8 atom stereocenters. The fourth-order valence-electron chi connectivity index (χ4n) is 8.75. The normalized spacial score (nSPS) is 49.8. The molecule has 0 spiro atoms. The molecule has 0 aliphatic heterocycles. The standard InChI is InChI=1S/C24H44OSi/c1-17(25-26(4,5)6)20-12-13-21-19-11-10-18-9-7-8-15-23(18,2)22(19)14-16-24(20,21)3/h17-22H,7-16H2,1-6H3/t17-,18+,19?,20-,21?,22?,23+,24-/m1/s1. The summed E-state index contributed by atoms with van der Waals surface area (Å²) in [7, 11) is -1.45. The Morgan fingerprint density at radius 2 is 1.54 bits per heavy atom. The topological polar surface area (TPSA) is 9.23 Å². The Bertz CT molecular complexity index is 525. The van der Waals surface area contributed by atoms with Crippen LogP contribution in [0.2, 0.25) is 19.6 Å². The minimum absolute atomic E-state index is 0.467. The Balaban J connectivity index is 1.54. The second-order valence-electron chi connectivity index (χ2n) is 12.1. The average molecular weight is 377 g/mol. The summed E-state index contributed by atoms with van der Waals surface area (Å²) in [6, 6.07) is 0. The first-order chi connectivity index (χ1) is 12.2. The molecular weight excluding hydrogens is 332 g/mol. The summed E-state index contributed by atoms with van der Waals surface area (Å²) >= 11 is 0. The van der Waals surface area contributed by atoms with Crippen LogP contribution in [0, 0.1) is 40.4 Å². The average Bonchev–Trinajstić information content (AvgIpc) is 2.90. The van der Waals surface area contributed by atoms with Crippen LogP contribution in [0.15, 0.2) is 0 Å². The molecule has 4 rings (SSSR count). The third kappa shape index (κ3) is 3.06. The maximum atomic E-state index is 6.62. The summed E-state index contributed by atoms with van der Waals surface area (Å²) in [6.45, 7) is 14.9. The quantitative estimate of drug-likeness (QED) is 0.470. The van der Waals surface area contributed by atoms with Crippen LogP contribution in [0.4, 0.5) is 0 Å². The van der Waals surface area contributed by atoms with Crippen molar-refractivity contribution in [1.82, 2.24) is 0 Å². The molecule has 26 heavy (non-hydrogen) atoms. The zero-order chi connectivity index (χ0) is 18.7. The smallest absolute Gasteiger partial charge is 0.184 e. The van der Waals surface area contributed by atoms with Gasteiger partial charge < -0.3 is 4.43 Å². The Hall–Kier alpha value is 0.177. The Labute approximate surface area is 164 Å². The maximum absolute atomic E-state index is 6.62. The molecule has 4 aliphatic rings. The maximum Gasteiger partial charge on any atom is 0.184 e. The Morgan fingerprint density at radius 1 is 0.808 bits per heavy atom. The molecule has 0 aromatic rings. The van der Waals surface area contributed by atoms with E-state index in [9.17, 15) is 0 Å². The monoisotopic (exact) mass is 376 g/mol. The Morgan fingerprint density at radius 3 is 2.27 bits per heavy atom. The fraction of sp³-hybridized carbons (Fsp3) is 1.00. The van der Waals surface area contributed by atoms with Crippen molar-refractivity contribution in [3.8, 4) is 0 Å². The molecule has 4 saturated carbocycles. The Kier molecular flexibility index (Phi) is 4.96. The van der Waals surface area contributed by atoms with Crippen LogP contribution in [-0.2, 0) is 4.43 Å². The largest absolute Gasteiger partial charge is 0.415 e. The summed E-state index contributed by atoms with van der Waals surface area (Å²) in [5, 5.41) is 0. The molecule has 4 fully saturated rings. The van der Waals surface area contributed by atoms with E-state index in [0.717, 1.165) is 29.6 Å². The number of hydrogen-bond acceptors (Lipinski definition) is 1. The minimum atomic E-state index is -1.45. The number of hydrogen-bond donors (Lipinski definition) is 0. The molecular formula is C24H44OSi. The van der Waals surface area contributed by atoms with Crippen LogP contribution in [0.3, 0.4) is 0 Å². The first kappa shape index (κ1) is 19.5. The SMILES string of the molecule is C[C@@H](O[Si](C)(C)C)[C@H]1CCC2C3CC[C@@H]4CCCC[C@]4(C)C3CC[C@@]21C. The van der Waals surface area contributed by atoms with Crippen molar-refractivity contribution in [1.29, 1.82) is 0 Å². The molecule has 2 heteroatoms. The molecule has 0 saturated heterocycles. The molecule has 150 valence electrons. The van der Waals surface area contributed by atoms with Gasteiger partial charge in [0, 0.05) is 6.10 Å². The van der Waals surface area contributed by atoms with E-state index in [0.29, 0.717) is 16.9 Å². The molecule has 0 radical (unpaired) electrons. The van der Waals surface area contributed by atoms with Crippen LogP contribution >= 0.6 is 0 Å². The highest BCUT2D eigenvalue weighted by atomic mass is 28.4. The van der Waals surface area contributed by atoms with Gasteiger partial charge in [-0.2, -0.15) is 0 Å². The lowest BCUT2D eigenvalue weighted by Gasteiger charge is -2.61. The lowest BCUT2D eigenvalue weighted by Crippen LogP contribution is -2.53. The molecule has 0 aromatic heterocycles. The summed E-state index contributed by atoms with van der Waals surface area (Å²) in [5.41, 5.74) is 1.24. The van der Waals surface area contributed by atoms with Crippen molar-refractivity contribution in [3.63, 3.8) is 0 Å². The highest BCUT2D eigenvalue weighted by molar-refractivity contribution is 6.69. The summed E-state index contributed by atoms with van der Waals surface area (Å²) in [5.74, 6) is 4.90. The van der Waals surface area contributed by atoms with Crippen LogP contribution in [0.1, 0.15) is 85.0 Å². The van der Waals surface area contributed by atoms with E-state index in [1.165, 1.54) is 57.8 Å². The van der Waals surface area contributed by atoms with Gasteiger partial charge in [0.1, 0.15) is 0 Å². The van der Waals surface area contributed by atoms with Crippen molar-refractivity contribution in [2.24, 2.45) is 40.4 Å². The van der Waals surface area contributed by atoms with Gasteiger partial charge in [0.2, 0.25) is 0 Å². The van der Waals surface area contributed by atoms with E-state index in [1.807, 2.05) is 0 Å². The molecule has 0 amide bonds. The second kappa shape index (κ2) is 6.61. The molecule has 0 heterocycles. The minimum Gasteiger partial charge on any atom is -0.415 e. The van der Waals surface area contributed by atoms with Crippen LogP contribution in [-0.4, -0.2) is 14.4 Å². The van der Waals surface area contributed by atoms with Crippen molar-refractivity contribution in [2.45, 2.75) is 111 Å². The van der Waals surface area contributed by atoms with Gasteiger partial charge in [-0.3, -0.25) is 0 Å². The predicted molar refractivity (Wildman–Crippen MR) is 114 cm³/mol. The van der Waals surface area contributed by atoms with Crippen molar-refractivity contribution in [2.75, 3.05) is 0 Å². The van der Waals surface area contributed by atoms with Gasteiger partial charge in [-0.1, -0.05) is 26.7 Å². The van der Waals surface area contributed by atoms with E-state index >= 15 is 0 Å². The summed E-state index contributed by atoms with van der Waals surface area (Å²) in [4.78, 5) is 0. The molecule has 0 bridgehead atoms. The van der Waals surface area contributed by atoms with Gasteiger partial charge >= 0.3 is 0 Å². The molecule has 3 unspecified atom stereocenters. The first-order valence-electron chi connectivity index (χ1n) is 11.8. The van der Waals surface area contributed by atoms with Crippen LogP contribution < -0.4 is 0 Å². The lowest BCUT2D eigenvalue weighted by atomic mass is 9.45. The van der Waals surface area contributed by atoms with E-state index in [1.54, 1.807) is 6.42 Å². The molecule has 1 nitrogen and oxygen atoms in total. The fourth-order valence-corrected chi connectivity index (χ4v) is 10.0. The van der Waals surface area contributed by atoms with E-state index in [-0.39, 0.29) is 0 Å². The van der Waals surface area contributed by atoms with Gasteiger partial charge in [-0.05, 0) is 118 Å². The van der Waals surface area contributed by atoms with Crippen molar-refractivity contribution < 1.29 is 4.43 Å². The second-order valence-corrected chi connectivity index (χ2v) is 16.5. The number of fused-ring (bicyclic) bond motifs is 5. The van der Waals surface area contributed by atoms with Gasteiger partial charge in [0.15, 0.2) is 8.32 Å². The lowest BCUT2D eigenvalue weighted by molar-refractivity contribution is -0.117. The summed E-state index contributed by atoms with van der Waals surface area (Å²) in [6.07, 6.45) is 15.5. The molecule has 0 N–H and O–H groups in total. The van der Waals surface area contributed by atoms with Gasteiger partial charge in [-0.25, -0.2) is 0 Å². The van der Waals surface area contributed by atoms with Crippen molar-refractivity contribution >= 4 is 8.32 Å². The summed E-state index contributed by atoms with van der Waals surface area (Å²) < 4.78 is 6.62. The van der Waals surface area contributed by atoms with Crippen LogP contribution in [0.25, 0.3) is 0 Å². The van der Waals surface area contributed by atoms with E-state index < -0.39 is 8.32 Å². The van der Waals surface area contributed by atoms with Crippen molar-refractivity contribution in [3.05, 3.63) is 0 Å².